The van der Waals surface area contributed by atoms with Gasteiger partial charge in [0.25, 0.3) is 0 Å². The van der Waals surface area contributed by atoms with E-state index < -0.39 is 11.6 Å². The molecule has 1 N–H and O–H groups in total. The summed E-state index contributed by atoms with van der Waals surface area (Å²) in [5.41, 5.74) is 0.888. The number of hydrogen-bond acceptors (Lipinski definition) is 4. The molecule has 2 saturated heterocycles. The first-order valence-electron chi connectivity index (χ1n) is 9.14. The molecule has 3 heterocycles. The largest absolute Gasteiger partial charge is 0.378 e. The highest BCUT2D eigenvalue weighted by atomic mass is 19.1. The van der Waals surface area contributed by atoms with E-state index in [1.54, 1.807) is 6.20 Å². The third-order valence-corrected chi connectivity index (χ3v) is 5.46. The summed E-state index contributed by atoms with van der Waals surface area (Å²) in [5, 5.41) is 0. The third-order valence-electron chi connectivity index (χ3n) is 5.46. The third kappa shape index (κ3) is 3.51. The molecule has 7 heteroatoms. The van der Waals surface area contributed by atoms with Crippen LogP contribution in [-0.4, -0.2) is 65.7 Å². The van der Waals surface area contributed by atoms with Gasteiger partial charge in [0, 0.05) is 24.2 Å². The number of ether oxygens (including phenoxy) is 1. The van der Waals surface area contributed by atoms with Gasteiger partial charge >= 0.3 is 0 Å². The fourth-order valence-electron chi connectivity index (χ4n) is 3.97. The summed E-state index contributed by atoms with van der Waals surface area (Å²) >= 11 is 0. The Labute approximate surface area is 152 Å². The highest BCUT2D eigenvalue weighted by Gasteiger charge is 2.33. The van der Waals surface area contributed by atoms with E-state index in [0.29, 0.717) is 23.9 Å². The number of imidazole rings is 1. The van der Waals surface area contributed by atoms with Crippen LogP contribution in [0.1, 0.15) is 24.7 Å². The zero-order valence-corrected chi connectivity index (χ0v) is 14.9. The normalized spacial score (nSPS) is 23.4. The van der Waals surface area contributed by atoms with Crippen molar-refractivity contribution in [2.24, 2.45) is 0 Å². The molecule has 1 aromatic carbocycles. The number of nitrogens with zero attached hydrogens (tertiary/aromatic N) is 3. The Morgan fingerprint density at radius 3 is 2.77 bits per heavy atom. The van der Waals surface area contributed by atoms with Gasteiger partial charge in [0.05, 0.1) is 31.1 Å². The molecule has 2 aromatic rings. The van der Waals surface area contributed by atoms with Crippen molar-refractivity contribution in [3.8, 4) is 11.3 Å². The van der Waals surface area contributed by atoms with Crippen LogP contribution in [0.25, 0.3) is 11.3 Å². The number of benzene rings is 1. The van der Waals surface area contributed by atoms with E-state index >= 15 is 0 Å². The van der Waals surface area contributed by atoms with Gasteiger partial charge in [-0.25, -0.2) is 13.8 Å². The highest BCUT2D eigenvalue weighted by Crippen LogP contribution is 2.30. The Morgan fingerprint density at radius 2 is 2.00 bits per heavy atom. The second-order valence-electron chi connectivity index (χ2n) is 7.17. The van der Waals surface area contributed by atoms with Crippen LogP contribution < -0.4 is 0 Å². The van der Waals surface area contributed by atoms with E-state index in [1.807, 2.05) is 0 Å². The van der Waals surface area contributed by atoms with Gasteiger partial charge in [-0.3, -0.25) is 4.90 Å². The van der Waals surface area contributed by atoms with Gasteiger partial charge in [-0.2, -0.15) is 0 Å². The standard InChI is InChI=1S/C19H24F2N4O/c1-24-6-4-14(5-7-24)25-8-9-26-12-18(25)19-22-11-17(23-19)15-3-2-13(20)10-16(15)21/h2-3,10-11,14,18H,4-9,12H2,1H3,(H,22,23). The molecule has 0 saturated carbocycles. The van der Waals surface area contributed by atoms with Crippen LogP contribution in [0, 0.1) is 11.6 Å². The summed E-state index contributed by atoms with van der Waals surface area (Å²) in [6.45, 7) is 4.37. The summed E-state index contributed by atoms with van der Waals surface area (Å²) in [5.74, 6) is -0.394. The maximum absolute atomic E-state index is 14.1. The Kier molecular flexibility index (Phi) is 5.02. The van der Waals surface area contributed by atoms with Crippen molar-refractivity contribution in [2.45, 2.75) is 24.9 Å². The molecule has 1 unspecified atom stereocenters. The minimum atomic E-state index is -0.590. The van der Waals surface area contributed by atoms with Crippen LogP contribution in [0.2, 0.25) is 0 Å². The molecule has 4 rings (SSSR count). The lowest BCUT2D eigenvalue weighted by Gasteiger charge is -2.43. The lowest BCUT2D eigenvalue weighted by Crippen LogP contribution is -2.50. The topological polar surface area (TPSA) is 44.4 Å². The summed E-state index contributed by atoms with van der Waals surface area (Å²) in [4.78, 5) is 12.6. The number of aromatic amines is 1. The van der Waals surface area contributed by atoms with Gasteiger partial charge < -0.3 is 14.6 Å². The molecule has 0 aliphatic carbocycles. The van der Waals surface area contributed by atoms with Crippen molar-refractivity contribution >= 4 is 0 Å². The number of rotatable bonds is 3. The zero-order chi connectivity index (χ0) is 18.1. The number of likely N-dealkylation sites (tertiary alicyclic amines) is 1. The van der Waals surface area contributed by atoms with Crippen LogP contribution in [0.4, 0.5) is 8.78 Å². The molecule has 0 spiro atoms. The summed E-state index contributed by atoms with van der Waals surface area (Å²) < 4.78 is 32.9. The van der Waals surface area contributed by atoms with Crippen molar-refractivity contribution in [1.82, 2.24) is 19.8 Å². The minimum Gasteiger partial charge on any atom is -0.378 e. The number of piperidine rings is 1. The van der Waals surface area contributed by atoms with Gasteiger partial charge in [0.2, 0.25) is 0 Å². The Morgan fingerprint density at radius 1 is 1.19 bits per heavy atom. The van der Waals surface area contributed by atoms with Crippen molar-refractivity contribution < 1.29 is 13.5 Å². The van der Waals surface area contributed by atoms with Crippen LogP contribution in [0.5, 0.6) is 0 Å². The molecule has 26 heavy (non-hydrogen) atoms. The SMILES string of the molecule is CN1CCC(N2CCOCC2c2ncc(-c3ccc(F)cc3F)[nH]2)CC1. The summed E-state index contributed by atoms with van der Waals surface area (Å²) in [6.07, 6.45) is 3.88. The molecule has 1 atom stereocenters. The van der Waals surface area contributed by atoms with Crippen LogP contribution in [0.3, 0.4) is 0 Å². The van der Waals surface area contributed by atoms with Gasteiger partial charge in [-0.05, 0) is 45.1 Å². The van der Waals surface area contributed by atoms with Crippen molar-refractivity contribution in [1.29, 1.82) is 0 Å². The first kappa shape index (κ1) is 17.6. The maximum Gasteiger partial charge on any atom is 0.135 e. The van der Waals surface area contributed by atoms with Crippen molar-refractivity contribution in [3.05, 3.63) is 41.9 Å². The lowest BCUT2D eigenvalue weighted by atomic mass is 10.0. The number of aromatic nitrogens is 2. The van der Waals surface area contributed by atoms with Crippen molar-refractivity contribution in [2.75, 3.05) is 39.9 Å². The van der Waals surface area contributed by atoms with Crippen LogP contribution >= 0.6 is 0 Å². The number of nitrogens with one attached hydrogen (secondary N) is 1. The van der Waals surface area contributed by atoms with E-state index in [0.717, 1.165) is 51.0 Å². The molecule has 5 nitrogen and oxygen atoms in total. The lowest BCUT2D eigenvalue weighted by molar-refractivity contribution is -0.0441. The molecule has 1 aromatic heterocycles. The van der Waals surface area contributed by atoms with Gasteiger partial charge in [0.15, 0.2) is 0 Å². The zero-order valence-electron chi connectivity index (χ0n) is 14.9. The molecule has 0 radical (unpaired) electrons. The molecule has 0 bridgehead atoms. The minimum absolute atomic E-state index is 0.0365. The van der Waals surface area contributed by atoms with Gasteiger partial charge in [-0.1, -0.05) is 0 Å². The monoisotopic (exact) mass is 362 g/mol. The smallest absolute Gasteiger partial charge is 0.135 e. The van der Waals surface area contributed by atoms with Crippen LogP contribution in [-0.2, 0) is 4.74 Å². The molecule has 140 valence electrons. The highest BCUT2D eigenvalue weighted by molar-refractivity contribution is 5.59. The summed E-state index contributed by atoms with van der Waals surface area (Å²) in [6, 6.07) is 4.14. The Balaban J connectivity index is 1.56. The predicted octanol–water partition coefficient (Wildman–Crippen LogP) is 2.82. The molecular weight excluding hydrogens is 338 g/mol. The maximum atomic E-state index is 14.1. The average molecular weight is 362 g/mol. The fraction of sp³-hybridized carbons (Fsp3) is 0.526. The second kappa shape index (κ2) is 7.42. The van der Waals surface area contributed by atoms with Gasteiger partial charge in [0.1, 0.15) is 17.5 Å². The quantitative estimate of drug-likeness (QED) is 0.912. The molecule has 2 aliphatic rings. The predicted molar refractivity (Wildman–Crippen MR) is 94.7 cm³/mol. The van der Waals surface area contributed by atoms with E-state index in [2.05, 4.69) is 26.8 Å². The van der Waals surface area contributed by atoms with Crippen molar-refractivity contribution in [3.63, 3.8) is 0 Å². The fourth-order valence-corrected chi connectivity index (χ4v) is 3.97. The Bertz CT molecular complexity index is 758. The number of hydrogen-bond donors (Lipinski definition) is 1. The average Bonchev–Trinajstić information content (AvgIpc) is 3.12. The first-order valence-corrected chi connectivity index (χ1v) is 9.14. The summed E-state index contributed by atoms with van der Waals surface area (Å²) in [7, 11) is 2.16. The molecule has 2 aliphatic heterocycles. The number of H-pyrrole nitrogens is 1. The second-order valence-corrected chi connectivity index (χ2v) is 7.17. The van der Waals surface area contributed by atoms with E-state index in [4.69, 9.17) is 4.74 Å². The van der Waals surface area contributed by atoms with Gasteiger partial charge in [-0.15, -0.1) is 0 Å². The molecule has 0 amide bonds. The van der Waals surface area contributed by atoms with Crippen LogP contribution in [0.15, 0.2) is 24.4 Å². The number of halogens is 2. The molecule has 2 fully saturated rings. The molecular formula is C19H24F2N4O. The van der Waals surface area contributed by atoms with E-state index in [-0.39, 0.29) is 6.04 Å². The first-order chi connectivity index (χ1) is 12.6. The Hall–Kier alpha value is -1.83. The van der Waals surface area contributed by atoms with E-state index in [1.165, 1.54) is 12.1 Å². The number of morpholine rings is 1. The van der Waals surface area contributed by atoms with E-state index in [9.17, 15) is 8.78 Å².